The van der Waals surface area contributed by atoms with Crippen LogP contribution in [0.2, 0.25) is 0 Å². The Labute approximate surface area is 99.2 Å². The fourth-order valence-electron chi connectivity index (χ4n) is 1.33. The zero-order chi connectivity index (χ0) is 11.4. The van der Waals surface area contributed by atoms with Crippen molar-refractivity contribution in [2.75, 3.05) is 0 Å². The number of rotatable bonds is 3. The molecule has 0 aliphatic heterocycles. The topological polar surface area (TPSA) is 36.2 Å². The van der Waals surface area contributed by atoms with Crippen molar-refractivity contribution >= 4 is 17.4 Å². The van der Waals surface area contributed by atoms with E-state index in [1.54, 1.807) is 11.8 Å². The Kier molecular flexibility index (Phi) is 3.37. The van der Waals surface area contributed by atoms with Crippen LogP contribution in [0.3, 0.4) is 0 Å². The molecule has 80 valence electrons. The van der Waals surface area contributed by atoms with Gasteiger partial charge < -0.3 is 0 Å². The van der Waals surface area contributed by atoms with Gasteiger partial charge in [-0.3, -0.25) is 0 Å². The molecule has 0 saturated carbocycles. The Balaban J connectivity index is 2.14. The van der Waals surface area contributed by atoms with Gasteiger partial charge in [-0.15, -0.1) is 0 Å². The van der Waals surface area contributed by atoms with Crippen molar-refractivity contribution in [3.8, 4) is 0 Å². The zero-order valence-corrected chi connectivity index (χ0v) is 9.79. The van der Waals surface area contributed by atoms with Gasteiger partial charge in [-0.2, -0.15) is 5.11 Å². The maximum atomic E-state index is 6.88. The average Bonchev–Trinajstić information content (AvgIpc) is 2.33. The molecule has 1 N–H and O–H groups in total. The Morgan fingerprint density at radius 1 is 0.875 bits per heavy atom. The van der Waals surface area contributed by atoms with E-state index in [0.29, 0.717) is 5.69 Å². The number of nitrogens with zero attached hydrogens (tertiary/aromatic N) is 1. The van der Waals surface area contributed by atoms with Gasteiger partial charge in [0.1, 0.15) is 0 Å². The minimum absolute atomic E-state index is 0.688. The maximum absolute atomic E-state index is 6.88. The Morgan fingerprint density at radius 2 is 1.38 bits per heavy atom. The molecule has 0 saturated heterocycles. The molecule has 0 atom stereocenters. The van der Waals surface area contributed by atoms with Crippen LogP contribution in [0, 0.1) is 12.5 Å². The minimum atomic E-state index is 0.688. The van der Waals surface area contributed by atoms with Crippen LogP contribution in [0.1, 0.15) is 5.56 Å². The van der Waals surface area contributed by atoms with Crippen LogP contribution in [0.5, 0.6) is 0 Å². The van der Waals surface area contributed by atoms with Crippen LogP contribution < -0.4 is 0 Å². The van der Waals surface area contributed by atoms with E-state index in [9.17, 15) is 0 Å². The smallest absolute Gasteiger partial charge is 0.0850 e. The van der Waals surface area contributed by atoms with E-state index in [1.807, 2.05) is 24.3 Å². The highest BCUT2D eigenvalue weighted by Gasteiger charge is 1.97. The molecule has 0 aromatic heterocycles. The molecular weight excluding hydrogens is 216 g/mol. The van der Waals surface area contributed by atoms with Gasteiger partial charge in [-0.05, 0) is 43.3 Å². The summed E-state index contributed by atoms with van der Waals surface area (Å²) in [5, 5.41) is 3.37. The number of benzene rings is 2. The first kappa shape index (κ1) is 10.9. The first-order valence-electron chi connectivity index (χ1n) is 5.00. The largest absolute Gasteiger partial charge is 0.204 e. The molecule has 0 spiro atoms. The van der Waals surface area contributed by atoms with Gasteiger partial charge in [-0.25, -0.2) is 5.53 Å². The van der Waals surface area contributed by atoms with Gasteiger partial charge in [0.2, 0.25) is 0 Å². The van der Waals surface area contributed by atoms with Gasteiger partial charge in [0.25, 0.3) is 0 Å². The van der Waals surface area contributed by atoms with E-state index in [0.717, 1.165) is 4.90 Å². The summed E-state index contributed by atoms with van der Waals surface area (Å²) < 4.78 is 0. The van der Waals surface area contributed by atoms with Crippen LogP contribution in [-0.2, 0) is 0 Å². The summed E-state index contributed by atoms with van der Waals surface area (Å²) >= 11 is 1.71. The van der Waals surface area contributed by atoms with Crippen LogP contribution in [0.15, 0.2) is 63.4 Å². The second kappa shape index (κ2) is 4.94. The van der Waals surface area contributed by atoms with Crippen molar-refractivity contribution in [2.45, 2.75) is 16.7 Å². The highest BCUT2D eigenvalue weighted by atomic mass is 32.2. The molecule has 2 rings (SSSR count). The van der Waals surface area contributed by atoms with E-state index >= 15 is 0 Å². The molecule has 0 aliphatic carbocycles. The Hall–Kier alpha value is -1.61. The highest BCUT2D eigenvalue weighted by Crippen LogP contribution is 2.28. The zero-order valence-electron chi connectivity index (χ0n) is 8.97. The first-order chi connectivity index (χ1) is 7.78. The van der Waals surface area contributed by atoms with Crippen LogP contribution in [0.4, 0.5) is 5.69 Å². The summed E-state index contributed by atoms with van der Waals surface area (Å²) in [6, 6.07) is 16.1. The number of aryl methyl sites for hydroxylation is 1. The van der Waals surface area contributed by atoms with E-state index in [-0.39, 0.29) is 0 Å². The summed E-state index contributed by atoms with van der Waals surface area (Å²) in [6.45, 7) is 2.08. The number of hydrogen-bond acceptors (Lipinski definition) is 3. The minimum Gasteiger partial charge on any atom is -0.204 e. The molecule has 0 bridgehead atoms. The summed E-state index contributed by atoms with van der Waals surface area (Å²) in [5.74, 6) is 0. The van der Waals surface area contributed by atoms with Gasteiger partial charge in [0, 0.05) is 9.79 Å². The second-order valence-electron chi connectivity index (χ2n) is 3.52. The third-order valence-electron chi connectivity index (χ3n) is 2.22. The van der Waals surface area contributed by atoms with Gasteiger partial charge in [0.05, 0.1) is 5.69 Å². The third kappa shape index (κ3) is 2.70. The molecule has 0 aliphatic rings. The molecular formula is C13H12N2S. The van der Waals surface area contributed by atoms with Crippen molar-refractivity contribution in [2.24, 2.45) is 5.11 Å². The second-order valence-corrected chi connectivity index (χ2v) is 4.67. The number of nitrogens with one attached hydrogen (secondary N) is 1. The SMILES string of the molecule is Cc1ccc(Sc2ccc(N=N)cc2)cc1. The highest BCUT2D eigenvalue weighted by molar-refractivity contribution is 7.99. The van der Waals surface area contributed by atoms with Gasteiger partial charge in [0.15, 0.2) is 0 Å². The predicted octanol–water partition coefficient (Wildman–Crippen LogP) is 4.81. The van der Waals surface area contributed by atoms with Crippen molar-refractivity contribution in [3.63, 3.8) is 0 Å². The lowest BCUT2D eigenvalue weighted by Gasteiger charge is -2.02. The predicted molar refractivity (Wildman–Crippen MR) is 66.6 cm³/mol. The first-order valence-corrected chi connectivity index (χ1v) is 5.81. The summed E-state index contributed by atoms with van der Waals surface area (Å²) in [6.07, 6.45) is 0. The molecule has 0 amide bonds. The summed E-state index contributed by atoms with van der Waals surface area (Å²) in [4.78, 5) is 2.39. The third-order valence-corrected chi connectivity index (χ3v) is 3.24. The molecule has 2 nitrogen and oxygen atoms in total. The summed E-state index contributed by atoms with van der Waals surface area (Å²) in [5.41, 5.74) is 8.84. The van der Waals surface area contributed by atoms with E-state index in [4.69, 9.17) is 5.53 Å². The average molecular weight is 228 g/mol. The van der Waals surface area contributed by atoms with Crippen molar-refractivity contribution in [3.05, 3.63) is 54.1 Å². The monoisotopic (exact) mass is 228 g/mol. The van der Waals surface area contributed by atoms with Crippen molar-refractivity contribution < 1.29 is 0 Å². The fraction of sp³-hybridized carbons (Fsp3) is 0.0769. The maximum Gasteiger partial charge on any atom is 0.0850 e. The fourth-order valence-corrected chi connectivity index (χ4v) is 2.15. The quantitative estimate of drug-likeness (QED) is 0.752. The molecule has 16 heavy (non-hydrogen) atoms. The molecule has 0 heterocycles. The molecule has 2 aromatic rings. The molecule has 0 unspecified atom stereocenters. The summed E-state index contributed by atoms with van der Waals surface area (Å²) in [7, 11) is 0. The standard InChI is InChI=1S/C13H12N2S/c1-10-2-6-12(7-3-10)16-13-8-4-11(15-14)5-9-13/h2-9,14H,1H3. The molecule has 2 aromatic carbocycles. The van der Waals surface area contributed by atoms with Crippen LogP contribution in [-0.4, -0.2) is 0 Å². The lowest BCUT2D eigenvalue weighted by molar-refractivity contribution is 1.14. The lowest BCUT2D eigenvalue weighted by atomic mass is 10.2. The molecule has 3 heteroatoms. The van der Waals surface area contributed by atoms with Crippen LogP contribution in [0.25, 0.3) is 0 Å². The van der Waals surface area contributed by atoms with E-state index in [2.05, 4.69) is 36.3 Å². The van der Waals surface area contributed by atoms with Crippen molar-refractivity contribution in [1.82, 2.24) is 0 Å². The van der Waals surface area contributed by atoms with Crippen molar-refractivity contribution in [1.29, 1.82) is 5.53 Å². The normalized spacial score (nSPS) is 10.1. The molecule has 0 fully saturated rings. The van der Waals surface area contributed by atoms with Gasteiger partial charge in [-0.1, -0.05) is 29.5 Å². The molecule has 0 radical (unpaired) electrons. The lowest BCUT2D eigenvalue weighted by Crippen LogP contribution is -1.74. The Morgan fingerprint density at radius 3 is 1.88 bits per heavy atom. The van der Waals surface area contributed by atoms with E-state index in [1.165, 1.54) is 10.5 Å². The van der Waals surface area contributed by atoms with Gasteiger partial charge >= 0.3 is 0 Å². The Bertz CT molecular complexity index is 474. The van der Waals surface area contributed by atoms with Crippen LogP contribution >= 0.6 is 11.8 Å². The van der Waals surface area contributed by atoms with E-state index < -0.39 is 0 Å². The number of hydrogen-bond donors (Lipinski definition) is 1.